The van der Waals surface area contributed by atoms with Crippen molar-refractivity contribution in [1.82, 2.24) is 0 Å². The third kappa shape index (κ3) is 3.23. The van der Waals surface area contributed by atoms with Crippen molar-refractivity contribution in [3.63, 3.8) is 0 Å². The Bertz CT molecular complexity index is 924. The van der Waals surface area contributed by atoms with Crippen LogP contribution in [0.3, 0.4) is 0 Å². The van der Waals surface area contributed by atoms with Crippen molar-refractivity contribution in [2.24, 2.45) is 4.99 Å². The van der Waals surface area contributed by atoms with E-state index in [1.54, 1.807) is 0 Å². The quantitative estimate of drug-likeness (QED) is 0.345. The third-order valence-electron chi connectivity index (χ3n) is 3.17. The molecule has 0 fully saturated rings. The summed E-state index contributed by atoms with van der Waals surface area (Å²) < 4.78 is 19.4. The number of carbonyl (C=O) groups excluding carboxylic acids is 1. The monoisotopic (exact) mass is 390 g/mol. The van der Waals surface area contributed by atoms with Crippen LogP contribution in [0.1, 0.15) is 11.1 Å². The summed E-state index contributed by atoms with van der Waals surface area (Å²) in [4.78, 5) is 26.2. The summed E-state index contributed by atoms with van der Waals surface area (Å²) in [5, 5.41) is 10.8. The second-order valence-electron chi connectivity index (χ2n) is 4.81. The molecule has 0 saturated carbocycles. The maximum atomic E-state index is 13.8. The van der Waals surface area contributed by atoms with E-state index in [9.17, 15) is 19.3 Å². The fraction of sp³-hybridized carbons (Fsp3) is 0. The highest BCUT2D eigenvalue weighted by atomic mass is 79.9. The Morgan fingerprint density at radius 3 is 2.79 bits per heavy atom. The summed E-state index contributed by atoms with van der Waals surface area (Å²) in [6.45, 7) is 0. The van der Waals surface area contributed by atoms with Crippen molar-refractivity contribution in [2.75, 3.05) is 0 Å². The molecule has 8 heteroatoms. The van der Waals surface area contributed by atoms with Crippen molar-refractivity contribution in [3.8, 4) is 0 Å². The Labute approximate surface area is 143 Å². The zero-order chi connectivity index (χ0) is 17.3. The Kier molecular flexibility index (Phi) is 4.22. The maximum Gasteiger partial charge on any atom is 0.363 e. The van der Waals surface area contributed by atoms with Gasteiger partial charge in [-0.05, 0) is 30.3 Å². The number of hydrogen-bond acceptors (Lipinski definition) is 5. The van der Waals surface area contributed by atoms with Gasteiger partial charge in [-0.15, -0.1) is 0 Å². The molecule has 24 heavy (non-hydrogen) atoms. The molecule has 0 aromatic heterocycles. The molecule has 3 rings (SSSR count). The molecule has 0 spiro atoms. The van der Waals surface area contributed by atoms with Gasteiger partial charge in [0.15, 0.2) is 5.70 Å². The van der Waals surface area contributed by atoms with Gasteiger partial charge in [-0.3, -0.25) is 10.1 Å². The lowest BCUT2D eigenvalue weighted by molar-refractivity contribution is -0.384. The maximum absolute atomic E-state index is 13.8. The first-order chi connectivity index (χ1) is 11.4. The number of cyclic esters (lactones) is 1. The van der Waals surface area contributed by atoms with Gasteiger partial charge in [-0.25, -0.2) is 14.2 Å². The predicted molar refractivity (Wildman–Crippen MR) is 87.8 cm³/mol. The molecule has 0 unspecified atom stereocenters. The van der Waals surface area contributed by atoms with Crippen LogP contribution in [0, 0.1) is 15.9 Å². The molecule has 2 aromatic carbocycles. The number of esters is 1. The topological polar surface area (TPSA) is 81.8 Å². The number of nitro groups is 1. The van der Waals surface area contributed by atoms with E-state index in [1.165, 1.54) is 48.5 Å². The summed E-state index contributed by atoms with van der Waals surface area (Å²) >= 11 is 3.22. The highest BCUT2D eigenvalue weighted by Crippen LogP contribution is 2.23. The van der Waals surface area contributed by atoms with Gasteiger partial charge in [0.25, 0.3) is 5.69 Å². The summed E-state index contributed by atoms with van der Waals surface area (Å²) in [5.41, 5.74) is 0.214. The Balaban J connectivity index is 1.99. The van der Waals surface area contributed by atoms with E-state index in [2.05, 4.69) is 20.9 Å². The van der Waals surface area contributed by atoms with E-state index in [0.717, 1.165) is 0 Å². The van der Waals surface area contributed by atoms with E-state index in [4.69, 9.17) is 4.74 Å². The normalized spacial score (nSPS) is 15.3. The highest BCUT2D eigenvalue weighted by Gasteiger charge is 2.25. The molecule has 0 atom stereocenters. The van der Waals surface area contributed by atoms with Gasteiger partial charge >= 0.3 is 5.97 Å². The molecular weight excluding hydrogens is 383 g/mol. The van der Waals surface area contributed by atoms with Crippen molar-refractivity contribution in [3.05, 3.63) is 79.7 Å². The minimum atomic E-state index is -0.754. The lowest BCUT2D eigenvalue weighted by Crippen LogP contribution is -2.05. The fourth-order valence-electron chi connectivity index (χ4n) is 2.06. The lowest BCUT2D eigenvalue weighted by atomic mass is 10.2. The van der Waals surface area contributed by atoms with Crippen molar-refractivity contribution in [1.29, 1.82) is 0 Å². The SMILES string of the molecule is O=C1OC(c2cccc([N+](=O)[O-])c2)=N/C1=C\c1cc(Br)ccc1F. The van der Waals surface area contributed by atoms with E-state index in [0.29, 0.717) is 4.47 Å². The van der Waals surface area contributed by atoms with Crippen LogP contribution < -0.4 is 0 Å². The fourth-order valence-corrected chi connectivity index (χ4v) is 2.44. The second-order valence-corrected chi connectivity index (χ2v) is 5.73. The number of rotatable bonds is 3. The van der Waals surface area contributed by atoms with E-state index in [1.807, 2.05) is 0 Å². The average Bonchev–Trinajstić information content (AvgIpc) is 2.92. The summed E-state index contributed by atoms with van der Waals surface area (Å²) in [5.74, 6) is -1.33. The minimum absolute atomic E-state index is 0.0645. The van der Waals surface area contributed by atoms with E-state index in [-0.39, 0.29) is 28.4 Å². The molecule has 0 radical (unpaired) electrons. The number of nitro benzene ring substituents is 1. The van der Waals surface area contributed by atoms with Gasteiger partial charge in [0, 0.05) is 27.7 Å². The molecule has 1 aliphatic heterocycles. The van der Waals surface area contributed by atoms with Crippen molar-refractivity contribution < 1.29 is 18.8 Å². The number of benzene rings is 2. The van der Waals surface area contributed by atoms with Gasteiger partial charge in [-0.1, -0.05) is 22.0 Å². The zero-order valence-corrected chi connectivity index (χ0v) is 13.5. The van der Waals surface area contributed by atoms with Crippen LogP contribution in [0.25, 0.3) is 6.08 Å². The first-order valence-corrected chi connectivity index (χ1v) is 7.46. The lowest BCUT2D eigenvalue weighted by Gasteiger charge is -1.98. The molecule has 6 nitrogen and oxygen atoms in total. The molecule has 120 valence electrons. The Morgan fingerprint density at radius 2 is 2.04 bits per heavy atom. The average molecular weight is 391 g/mol. The van der Waals surface area contributed by atoms with Crippen LogP contribution in [-0.2, 0) is 9.53 Å². The highest BCUT2D eigenvalue weighted by molar-refractivity contribution is 9.10. The molecule has 1 aliphatic rings. The van der Waals surface area contributed by atoms with Crippen LogP contribution in [0.4, 0.5) is 10.1 Å². The molecule has 2 aromatic rings. The van der Waals surface area contributed by atoms with Gasteiger partial charge in [0.1, 0.15) is 5.82 Å². The predicted octanol–water partition coefficient (Wildman–Crippen LogP) is 3.84. The van der Waals surface area contributed by atoms with Crippen molar-refractivity contribution in [2.45, 2.75) is 0 Å². The molecule has 0 saturated heterocycles. The van der Waals surface area contributed by atoms with Crippen LogP contribution >= 0.6 is 15.9 Å². The standard InChI is InChI=1S/C16H8BrFN2O4/c17-11-4-5-13(18)10(6-11)8-14-16(21)24-15(19-14)9-2-1-3-12(7-9)20(22)23/h1-8H/b14-8-. The number of halogens is 2. The summed E-state index contributed by atoms with van der Waals surface area (Å²) in [6.07, 6.45) is 1.26. The smallest absolute Gasteiger partial charge is 0.363 e. The Morgan fingerprint density at radius 1 is 1.25 bits per heavy atom. The van der Waals surface area contributed by atoms with Gasteiger partial charge in [0.2, 0.25) is 5.90 Å². The molecular formula is C16H8BrFN2O4. The molecule has 0 amide bonds. The van der Waals surface area contributed by atoms with Crippen LogP contribution in [-0.4, -0.2) is 16.8 Å². The van der Waals surface area contributed by atoms with E-state index >= 15 is 0 Å². The molecule has 0 N–H and O–H groups in total. The van der Waals surface area contributed by atoms with Gasteiger partial charge in [0.05, 0.1) is 4.92 Å². The largest absolute Gasteiger partial charge is 0.402 e. The number of aliphatic imine (C=N–C) groups is 1. The summed E-state index contributed by atoms with van der Waals surface area (Å²) in [7, 11) is 0. The minimum Gasteiger partial charge on any atom is -0.402 e. The third-order valence-corrected chi connectivity index (χ3v) is 3.67. The number of non-ortho nitro benzene ring substituents is 1. The van der Waals surface area contributed by atoms with Gasteiger partial charge in [-0.2, -0.15) is 0 Å². The van der Waals surface area contributed by atoms with E-state index < -0.39 is 16.7 Å². The molecule has 0 bridgehead atoms. The number of hydrogen-bond donors (Lipinski definition) is 0. The van der Waals surface area contributed by atoms with Crippen LogP contribution in [0.15, 0.2) is 57.6 Å². The zero-order valence-electron chi connectivity index (χ0n) is 11.9. The van der Waals surface area contributed by atoms with Crippen molar-refractivity contribution >= 4 is 39.6 Å². The number of nitrogens with zero attached hydrogens (tertiary/aromatic N) is 2. The molecule has 1 heterocycles. The Hall–Kier alpha value is -2.87. The summed E-state index contributed by atoms with van der Waals surface area (Å²) in [6, 6.07) is 9.82. The first-order valence-electron chi connectivity index (χ1n) is 6.66. The van der Waals surface area contributed by atoms with Crippen LogP contribution in [0.2, 0.25) is 0 Å². The second kappa shape index (κ2) is 6.32. The first kappa shape index (κ1) is 16.0. The van der Waals surface area contributed by atoms with Crippen LogP contribution in [0.5, 0.6) is 0 Å². The number of ether oxygens (including phenoxy) is 1. The number of carbonyl (C=O) groups is 1. The van der Waals surface area contributed by atoms with Gasteiger partial charge < -0.3 is 4.74 Å². The molecule has 0 aliphatic carbocycles.